The summed E-state index contributed by atoms with van der Waals surface area (Å²) in [5.74, 6) is -0.0523. The number of nitrogens with zero attached hydrogens (tertiary/aromatic N) is 2. The van der Waals surface area contributed by atoms with E-state index in [2.05, 4.69) is 5.10 Å². The monoisotopic (exact) mass is 280 g/mol. The van der Waals surface area contributed by atoms with E-state index in [1.54, 1.807) is 6.20 Å². The normalized spacial score (nSPS) is 10.4. The third kappa shape index (κ3) is 2.63. The first-order chi connectivity index (χ1) is 9.02. The number of halogens is 1. The van der Waals surface area contributed by atoms with Crippen LogP contribution in [-0.2, 0) is 0 Å². The molecule has 1 amide bonds. The number of carbonyl (C=O) groups excluding carboxylic acids is 1. The first-order valence-corrected chi connectivity index (χ1v) is 5.97. The number of carbonyl (C=O) groups is 1. The maximum absolute atomic E-state index is 11.5. The quantitative estimate of drug-likeness (QED) is 0.832. The molecule has 4 N–H and O–H groups in total. The van der Waals surface area contributed by atoms with Gasteiger partial charge in [-0.05, 0) is 19.1 Å². The van der Waals surface area contributed by atoms with E-state index in [0.717, 1.165) is 0 Å². The zero-order valence-electron chi connectivity index (χ0n) is 10.3. The number of benzene rings is 1. The first-order valence-electron chi connectivity index (χ1n) is 5.59. The molecule has 0 aliphatic rings. The molecular weight excluding hydrogens is 268 g/mol. The van der Waals surface area contributed by atoms with Crippen LogP contribution in [-0.4, -0.2) is 22.3 Å². The van der Waals surface area contributed by atoms with Crippen LogP contribution < -0.4 is 16.2 Å². The molecule has 0 fully saturated rings. The van der Waals surface area contributed by atoms with E-state index in [4.69, 9.17) is 27.8 Å². The zero-order valence-corrected chi connectivity index (χ0v) is 11.0. The maximum Gasteiger partial charge on any atom is 0.251 e. The van der Waals surface area contributed by atoms with Crippen LogP contribution in [0.2, 0.25) is 5.02 Å². The van der Waals surface area contributed by atoms with Crippen molar-refractivity contribution < 1.29 is 9.53 Å². The minimum Gasteiger partial charge on any atom is -0.491 e. The van der Waals surface area contributed by atoms with E-state index in [1.807, 2.05) is 6.92 Å². The third-order valence-corrected chi connectivity index (χ3v) is 2.74. The predicted molar refractivity (Wildman–Crippen MR) is 72.7 cm³/mol. The molecule has 0 aliphatic heterocycles. The van der Waals surface area contributed by atoms with Gasteiger partial charge in [0.05, 0.1) is 35.3 Å². The molecule has 0 spiro atoms. The SMILES string of the molecule is CCOc1cnn(-c2c(Cl)cc(N)cc2C(N)=O)c1. The Morgan fingerprint density at radius 3 is 2.89 bits per heavy atom. The Hall–Kier alpha value is -2.21. The molecule has 0 saturated heterocycles. The summed E-state index contributed by atoms with van der Waals surface area (Å²) in [5.41, 5.74) is 11.9. The van der Waals surface area contributed by atoms with Gasteiger partial charge in [0, 0.05) is 5.69 Å². The number of aromatic nitrogens is 2. The molecule has 2 rings (SSSR count). The number of nitrogen functional groups attached to an aromatic ring is 1. The van der Waals surface area contributed by atoms with Gasteiger partial charge in [-0.3, -0.25) is 4.79 Å². The van der Waals surface area contributed by atoms with Crippen molar-refractivity contribution in [3.63, 3.8) is 0 Å². The molecule has 19 heavy (non-hydrogen) atoms. The summed E-state index contributed by atoms with van der Waals surface area (Å²) in [6, 6.07) is 3.00. The summed E-state index contributed by atoms with van der Waals surface area (Å²) in [4.78, 5) is 11.5. The van der Waals surface area contributed by atoms with Crippen LogP contribution in [0.5, 0.6) is 5.75 Å². The molecule has 2 aromatic rings. The molecule has 1 aromatic carbocycles. The molecule has 0 atom stereocenters. The molecule has 7 heteroatoms. The van der Waals surface area contributed by atoms with Gasteiger partial charge in [-0.2, -0.15) is 5.10 Å². The highest BCUT2D eigenvalue weighted by Crippen LogP contribution is 2.28. The second-order valence-corrected chi connectivity index (χ2v) is 4.22. The van der Waals surface area contributed by atoms with Gasteiger partial charge < -0.3 is 16.2 Å². The molecule has 100 valence electrons. The summed E-state index contributed by atoms with van der Waals surface area (Å²) < 4.78 is 6.74. The number of ether oxygens (including phenoxy) is 1. The van der Waals surface area contributed by atoms with Crippen LogP contribution in [0.15, 0.2) is 24.5 Å². The van der Waals surface area contributed by atoms with E-state index in [-0.39, 0.29) is 5.56 Å². The number of hydrogen-bond acceptors (Lipinski definition) is 4. The van der Waals surface area contributed by atoms with Crippen LogP contribution in [0.3, 0.4) is 0 Å². The highest BCUT2D eigenvalue weighted by atomic mass is 35.5. The van der Waals surface area contributed by atoms with Crippen molar-refractivity contribution in [2.24, 2.45) is 5.73 Å². The fourth-order valence-electron chi connectivity index (χ4n) is 1.71. The van der Waals surface area contributed by atoms with Gasteiger partial charge in [0.1, 0.15) is 0 Å². The number of anilines is 1. The average Bonchev–Trinajstić information content (AvgIpc) is 2.76. The molecule has 0 aliphatic carbocycles. The van der Waals surface area contributed by atoms with Gasteiger partial charge in [0.15, 0.2) is 5.75 Å². The maximum atomic E-state index is 11.5. The van der Waals surface area contributed by atoms with Gasteiger partial charge in [-0.1, -0.05) is 11.6 Å². The van der Waals surface area contributed by atoms with Crippen LogP contribution in [0.25, 0.3) is 5.69 Å². The Labute approximate surface area is 114 Å². The molecule has 6 nitrogen and oxygen atoms in total. The summed E-state index contributed by atoms with van der Waals surface area (Å²) >= 11 is 6.11. The van der Waals surface area contributed by atoms with Crippen molar-refractivity contribution in [3.05, 3.63) is 35.1 Å². The molecule has 0 saturated carbocycles. The van der Waals surface area contributed by atoms with Crippen LogP contribution in [0.1, 0.15) is 17.3 Å². The van der Waals surface area contributed by atoms with Crippen molar-refractivity contribution in [2.45, 2.75) is 6.92 Å². The van der Waals surface area contributed by atoms with Crippen LogP contribution in [0, 0.1) is 0 Å². The third-order valence-electron chi connectivity index (χ3n) is 2.45. The van der Waals surface area contributed by atoms with Gasteiger partial charge in [-0.15, -0.1) is 0 Å². The number of primary amides is 1. The van der Waals surface area contributed by atoms with Crippen molar-refractivity contribution in [1.82, 2.24) is 9.78 Å². The van der Waals surface area contributed by atoms with E-state index >= 15 is 0 Å². The highest BCUT2D eigenvalue weighted by Gasteiger charge is 2.16. The Bertz CT molecular complexity index is 624. The topological polar surface area (TPSA) is 96.2 Å². The largest absolute Gasteiger partial charge is 0.491 e. The number of nitrogens with two attached hydrogens (primary N) is 2. The molecule has 1 aromatic heterocycles. The lowest BCUT2D eigenvalue weighted by Crippen LogP contribution is -2.16. The predicted octanol–water partition coefficient (Wildman–Crippen LogP) is 1.61. The van der Waals surface area contributed by atoms with Crippen molar-refractivity contribution in [3.8, 4) is 11.4 Å². The summed E-state index contributed by atoms with van der Waals surface area (Å²) in [6.45, 7) is 2.38. The number of amides is 1. The number of rotatable bonds is 4. The fraction of sp³-hybridized carbons (Fsp3) is 0.167. The smallest absolute Gasteiger partial charge is 0.251 e. The first kappa shape index (κ1) is 13.2. The molecule has 0 unspecified atom stereocenters. The molecule has 0 bridgehead atoms. The summed E-state index contributed by atoms with van der Waals surface area (Å²) in [6.07, 6.45) is 3.15. The van der Waals surface area contributed by atoms with Gasteiger partial charge in [0.2, 0.25) is 0 Å². The standard InChI is InChI=1S/C12H13ClN4O2/c1-2-19-8-5-16-17(6-8)11-9(12(15)18)3-7(14)4-10(11)13/h3-6H,2,14H2,1H3,(H2,15,18). The van der Waals surface area contributed by atoms with Gasteiger partial charge >= 0.3 is 0 Å². The van der Waals surface area contributed by atoms with E-state index in [9.17, 15) is 4.79 Å². The van der Waals surface area contributed by atoms with Gasteiger partial charge in [-0.25, -0.2) is 4.68 Å². The van der Waals surface area contributed by atoms with Crippen molar-refractivity contribution in [2.75, 3.05) is 12.3 Å². The number of hydrogen-bond donors (Lipinski definition) is 2. The highest BCUT2D eigenvalue weighted by molar-refractivity contribution is 6.33. The van der Waals surface area contributed by atoms with Gasteiger partial charge in [0.25, 0.3) is 5.91 Å². The minimum atomic E-state index is -0.627. The lowest BCUT2D eigenvalue weighted by Gasteiger charge is -2.10. The summed E-state index contributed by atoms with van der Waals surface area (Å²) in [7, 11) is 0. The second-order valence-electron chi connectivity index (χ2n) is 3.82. The average molecular weight is 281 g/mol. The van der Waals surface area contributed by atoms with Crippen molar-refractivity contribution in [1.29, 1.82) is 0 Å². The minimum absolute atomic E-state index is 0.205. The van der Waals surface area contributed by atoms with E-state index in [1.165, 1.54) is 23.0 Å². The van der Waals surface area contributed by atoms with Crippen molar-refractivity contribution >= 4 is 23.2 Å². The second kappa shape index (κ2) is 5.19. The Kier molecular flexibility index (Phi) is 3.62. The van der Waals surface area contributed by atoms with E-state index < -0.39 is 5.91 Å². The lowest BCUT2D eigenvalue weighted by atomic mass is 10.1. The van der Waals surface area contributed by atoms with E-state index in [0.29, 0.717) is 28.8 Å². The molecule has 0 radical (unpaired) electrons. The molecular formula is C12H13ClN4O2. The lowest BCUT2D eigenvalue weighted by molar-refractivity contribution is 0.1000. The van der Waals surface area contributed by atoms with Crippen LogP contribution in [0.4, 0.5) is 5.69 Å². The summed E-state index contributed by atoms with van der Waals surface area (Å²) in [5, 5.41) is 4.39. The molecule has 1 heterocycles. The Balaban J connectivity index is 2.56. The van der Waals surface area contributed by atoms with Crippen LogP contribution >= 0.6 is 11.6 Å². The Morgan fingerprint density at radius 1 is 1.53 bits per heavy atom. The fourth-order valence-corrected chi connectivity index (χ4v) is 2.02. The zero-order chi connectivity index (χ0) is 14.0. The Morgan fingerprint density at radius 2 is 2.26 bits per heavy atom.